The molecule has 1 nitrogen and oxygen atoms in total. The molecule has 12 aromatic rings. The number of fused-ring (bicyclic) bond motifs is 12. The van der Waals surface area contributed by atoms with E-state index in [0.29, 0.717) is 0 Å². The van der Waals surface area contributed by atoms with Gasteiger partial charge in [0.2, 0.25) is 0 Å². The van der Waals surface area contributed by atoms with E-state index < -0.39 is 10.8 Å². The minimum Gasteiger partial charge on any atom is -0.310 e. The van der Waals surface area contributed by atoms with Crippen LogP contribution in [0.1, 0.15) is 44.5 Å². The number of hydrogen-bond acceptors (Lipinski definition) is 2. The molecule has 2 aliphatic rings. The Bertz CT molecular complexity index is 3840. The monoisotopic (exact) mass is 907 g/mol. The second kappa shape index (κ2) is 16.0. The molecule has 2 heteroatoms. The fourth-order valence-corrected chi connectivity index (χ4v) is 13.6. The Labute approximate surface area is 412 Å². The molecule has 0 fully saturated rings. The fraction of sp³-hybridized carbons (Fsp3) is 0.0294. The first-order valence-electron chi connectivity index (χ1n) is 24.2. The number of rotatable bonds is 7. The van der Waals surface area contributed by atoms with E-state index in [9.17, 15) is 0 Å². The van der Waals surface area contributed by atoms with Crippen molar-refractivity contribution in [2.75, 3.05) is 4.90 Å². The lowest BCUT2D eigenvalue weighted by atomic mass is 9.51. The summed E-state index contributed by atoms with van der Waals surface area (Å²) in [6, 6.07) is 102. The number of anilines is 3. The van der Waals surface area contributed by atoms with Crippen molar-refractivity contribution in [3.63, 3.8) is 0 Å². The highest BCUT2D eigenvalue weighted by molar-refractivity contribution is 7.26. The molecular weight excluding hydrogens is 863 g/mol. The summed E-state index contributed by atoms with van der Waals surface area (Å²) in [7, 11) is 0. The molecule has 1 spiro atoms. The Hall–Kier alpha value is -8.56. The molecule has 1 heterocycles. The predicted octanol–water partition coefficient (Wildman–Crippen LogP) is 17.9. The van der Waals surface area contributed by atoms with Gasteiger partial charge in [-0.25, -0.2) is 0 Å². The van der Waals surface area contributed by atoms with E-state index in [4.69, 9.17) is 0 Å². The van der Waals surface area contributed by atoms with Crippen LogP contribution in [0.2, 0.25) is 0 Å². The van der Waals surface area contributed by atoms with E-state index in [-0.39, 0.29) is 0 Å². The summed E-state index contributed by atoms with van der Waals surface area (Å²) in [5.41, 5.74) is 20.0. The maximum atomic E-state index is 2.46. The van der Waals surface area contributed by atoms with E-state index in [2.05, 4.69) is 278 Å². The third-order valence-corrected chi connectivity index (χ3v) is 16.5. The summed E-state index contributed by atoms with van der Waals surface area (Å²) in [5, 5.41) is 2.63. The molecule has 0 unspecified atom stereocenters. The minimum atomic E-state index is -0.567. The first-order valence-corrected chi connectivity index (χ1v) is 25.1. The van der Waals surface area contributed by atoms with Gasteiger partial charge in [-0.05, 0) is 120 Å². The molecule has 14 rings (SSSR count). The molecule has 0 atom stereocenters. The predicted molar refractivity (Wildman–Crippen MR) is 294 cm³/mol. The van der Waals surface area contributed by atoms with Crippen LogP contribution >= 0.6 is 11.3 Å². The summed E-state index contributed by atoms with van der Waals surface area (Å²) < 4.78 is 2.64. The molecule has 0 amide bonds. The van der Waals surface area contributed by atoms with E-state index in [1.807, 2.05) is 11.3 Å². The Balaban J connectivity index is 0.973. The first kappa shape index (κ1) is 40.5. The Kier molecular flexibility index (Phi) is 9.27. The van der Waals surface area contributed by atoms with Crippen molar-refractivity contribution < 1.29 is 0 Å². The van der Waals surface area contributed by atoms with Gasteiger partial charge in [0, 0.05) is 37.2 Å². The Morgan fingerprint density at radius 2 is 0.714 bits per heavy atom. The number of benzene rings is 11. The Morgan fingerprint density at radius 3 is 1.34 bits per heavy atom. The highest BCUT2D eigenvalue weighted by Gasteiger charge is 2.56. The summed E-state index contributed by atoms with van der Waals surface area (Å²) in [5.74, 6) is 0. The zero-order chi connectivity index (χ0) is 46.2. The third kappa shape index (κ3) is 5.84. The highest BCUT2D eigenvalue weighted by atomic mass is 32.1. The molecule has 0 saturated heterocycles. The average Bonchev–Trinajstić information content (AvgIpc) is 3.97. The van der Waals surface area contributed by atoms with Gasteiger partial charge in [0.25, 0.3) is 0 Å². The van der Waals surface area contributed by atoms with Crippen LogP contribution in [0.15, 0.2) is 273 Å². The quantitative estimate of drug-likeness (QED) is 0.154. The molecule has 0 bridgehead atoms. The number of thiophene rings is 1. The zero-order valence-electron chi connectivity index (χ0n) is 38.3. The van der Waals surface area contributed by atoms with Crippen molar-refractivity contribution in [1.82, 2.24) is 0 Å². The van der Waals surface area contributed by atoms with Gasteiger partial charge in [-0.3, -0.25) is 0 Å². The maximum Gasteiger partial charge on any atom is 0.0720 e. The van der Waals surface area contributed by atoms with Crippen molar-refractivity contribution in [2.45, 2.75) is 10.8 Å². The zero-order valence-corrected chi connectivity index (χ0v) is 39.2. The molecule has 0 N–H and O–H groups in total. The van der Waals surface area contributed by atoms with Gasteiger partial charge in [0.1, 0.15) is 0 Å². The van der Waals surface area contributed by atoms with E-state index >= 15 is 0 Å². The van der Waals surface area contributed by atoms with Crippen molar-refractivity contribution in [3.05, 3.63) is 317 Å². The smallest absolute Gasteiger partial charge is 0.0720 e. The topological polar surface area (TPSA) is 3.24 Å². The lowest BCUT2D eigenvalue weighted by Crippen LogP contribution is -2.44. The molecule has 0 saturated carbocycles. The molecule has 11 aromatic carbocycles. The van der Waals surface area contributed by atoms with E-state index in [0.717, 1.165) is 17.1 Å². The first-order chi connectivity index (χ1) is 34.7. The van der Waals surface area contributed by atoms with Gasteiger partial charge in [-0.1, -0.05) is 231 Å². The van der Waals surface area contributed by atoms with Crippen molar-refractivity contribution >= 4 is 48.6 Å². The lowest BCUT2D eigenvalue weighted by Gasteiger charge is -2.50. The normalized spacial score (nSPS) is 13.7. The summed E-state index contributed by atoms with van der Waals surface area (Å²) >= 11 is 1.88. The third-order valence-electron chi connectivity index (χ3n) is 15.2. The number of hydrogen-bond donors (Lipinski definition) is 0. The number of nitrogens with zero attached hydrogens (tertiary/aromatic N) is 1. The Morgan fingerprint density at radius 1 is 0.271 bits per heavy atom. The van der Waals surface area contributed by atoms with Crippen LogP contribution in [0.5, 0.6) is 0 Å². The van der Waals surface area contributed by atoms with Crippen LogP contribution in [0, 0.1) is 0 Å². The molecule has 328 valence electrons. The van der Waals surface area contributed by atoms with Crippen molar-refractivity contribution in [3.8, 4) is 33.4 Å². The van der Waals surface area contributed by atoms with E-state index in [1.165, 1.54) is 98.1 Å². The van der Waals surface area contributed by atoms with Gasteiger partial charge < -0.3 is 4.90 Å². The van der Waals surface area contributed by atoms with Gasteiger partial charge >= 0.3 is 0 Å². The molecule has 2 aliphatic carbocycles. The largest absolute Gasteiger partial charge is 0.310 e. The van der Waals surface area contributed by atoms with Crippen LogP contribution < -0.4 is 4.90 Å². The van der Waals surface area contributed by atoms with Crippen LogP contribution in [-0.2, 0) is 10.8 Å². The van der Waals surface area contributed by atoms with Gasteiger partial charge in [-0.2, -0.15) is 0 Å². The summed E-state index contributed by atoms with van der Waals surface area (Å²) in [6.07, 6.45) is 0. The van der Waals surface area contributed by atoms with Crippen LogP contribution in [0.4, 0.5) is 17.1 Å². The van der Waals surface area contributed by atoms with Crippen LogP contribution in [0.25, 0.3) is 53.6 Å². The molecule has 0 aliphatic heterocycles. The SMILES string of the molecule is c1ccc(-c2ccc(N(c3ccc(-c4cccc5c4sc4ccccc45)cc3)c3ccc4c(c3)-c3ccccc3C43c4ccccc4C(c4ccccc4)(c4ccccc4)c4ccccc43)cc2)cc1. The highest BCUT2D eigenvalue weighted by Crippen LogP contribution is 2.65. The van der Waals surface area contributed by atoms with Crippen molar-refractivity contribution in [1.29, 1.82) is 0 Å². The van der Waals surface area contributed by atoms with Gasteiger partial charge in [0.15, 0.2) is 0 Å². The minimum absolute atomic E-state index is 0.546. The van der Waals surface area contributed by atoms with E-state index in [1.54, 1.807) is 0 Å². The average molecular weight is 908 g/mol. The van der Waals surface area contributed by atoms with Crippen molar-refractivity contribution in [2.24, 2.45) is 0 Å². The molecule has 70 heavy (non-hydrogen) atoms. The van der Waals surface area contributed by atoms with Crippen LogP contribution in [0.3, 0.4) is 0 Å². The molecule has 1 aromatic heterocycles. The molecule has 0 radical (unpaired) electrons. The second-order valence-corrected chi connectivity index (χ2v) is 19.7. The van der Waals surface area contributed by atoms with Gasteiger partial charge in [0.05, 0.1) is 10.8 Å². The van der Waals surface area contributed by atoms with Crippen LogP contribution in [-0.4, -0.2) is 0 Å². The lowest BCUT2D eigenvalue weighted by molar-refractivity contribution is 0.623. The second-order valence-electron chi connectivity index (χ2n) is 18.7. The maximum absolute atomic E-state index is 2.46. The van der Waals surface area contributed by atoms with Gasteiger partial charge in [-0.15, -0.1) is 11.3 Å². The standard InChI is InChI=1S/C68H45NS/c1-4-19-46(20-5-1)47-35-39-51(40-36-47)69(52-41-37-48(38-42-52)54-27-18-28-57-56-26-11-17-34-65(56)70-66(54)57)53-43-44-60-58(45-53)55-25-10-12-29-59(55)68(60)63-32-15-13-30-61(63)67(49-21-6-2-7-22-49,50-23-8-3-9-24-50)62-31-14-16-33-64(62)68/h1-45H. The molecular formula is C68H45NS. The summed E-state index contributed by atoms with van der Waals surface area (Å²) in [6.45, 7) is 0. The fourth-order valence-electron chi connectivity index (χ4n) is 12.4. The summed E-state index contributed by atoms with van der Waals surface area (Å²) in [4.78, 5) is 2.44.